The number of carboxylic acid groups (broad SMARTS) is 1. The summed E-state index contributed by atoms with van der Waals surface area (Å²) in [6.45, 7) is 0. The van der Waals surface area contributed by atoms with Crippen LogP contribution in [0.4, 0.5) is 10.1 Å². The first kappa shape index (κ1) is 13.8. The maximum atomic E-state index is 13.0. The Morgan fingerprint density at radius 1 is 1.32 bits per heavy atom. The summed E-state index contributed by atoms with van der Waals surface area (Å²) >= 11 is 5.62. The Bertz CT molecular complexity index is 521. The van der Waals surface area contributed by atoms with Crippen LogP contribution in [0.15, 0.2) is 18.2 Å². The van der Waals surface area contributed by atoms with Crippen LogP contribution in [0.3, 0.4) is 0 Å². The Labute approximate surface area is 114 Å². The summed E-state index contributed by atoms with van der Waals surface area (Å²) in [7, 11) is 0. The van der Waals surface area contributed by atoms with E-state index < -0.39 is 23.6 Å². The molecule has 1 aliphatic rings. The van der Waals surface area contributed by atoms with E-state index in [4.69, 9.17) is 16.7 Å². The number of hydrogen-bond acceptors (Lipinski definition) is 2. The van der Waals surface area contributed by atoms with Crippen LogP contribution in [0.1, 0.15) is 19.3 Å². The highest BCUT2D eigenvalue weighted by molar-refractivity contribution is 6.31. The lowest BCUT2D eigenvalue weighted by molar-refractivity contribution is -0.145. The van der Waals surface area contributed by atoms with E-state index in [1.165, 1.54) is 12.1 Å². The molecule has 0 radical (unpaired) electrons. The fourth-order valence-corrected chi connectivity index (χ4v) is 2.56. The molecule has 0 heterocycles. The molecule has 19 heavy (non-hydrogen) atoms. The predicted octanol–water partition coefficient (Wildman–Crippen LogP) is 2.92. The van der Waals surface area contributed by atoms with E-state index in [0.717, 1.165) is 12.5 Å². The van der Waals surface area contributed by atoms with E-state index in [1.54, 1.807) is 0 Å². The van der Waals surface area contributed by atoms with Crippen molar-refractivity contribution >= 4 is 29.2 Å². The largest absolute Gasteiger partial charge is 0.481 e. The lowest BCUT2D eigenvalue weighted by atomic mass is 9.95. The van der Waals surface area contributed by atoms with Crippen molar-refractivity contribution in [2.45, 2.75) is 19.3 Å². The van der Waals surface area contributed by atoms with Crippen molar-refractivity contribution in [3.8, 4) is 0 Å². The first-order valence-electron chi connectivity index (χ1n) is 5.98. The van der Waals surface area contributed by atoms with Gasteiger partial charge < -0.3 is 10.4 Å². The SMILES string of the molecule is O=C(O)C1CCCC1C(=O)Nc1ccc(F)c(Cl)c1. The summed E-state index contributed by atoms with van der Waals surface area (Å²) < 4.78 is 13.0. The maximum absolute atomic E-state index is 13.0. The van der Waals surface area contributed by atoms with E-state index in [9.17, 15) is 14.0 Å². The van der Waals surface area contributed by atoms with Crippen molar-refractivity contribution in [2.24, 2.45) is 11.8 Å². The molecule has 0 spiro atoms. The normalized spacial score (nSPS) is 22.2. The van der Waals surface area contributed by atoms with Gasteiger partial charge in [-0.25, -0.2) is 4.39 Å². The number of halogens is 2. The maximum Gasteiger partial charge on any atom is 0.307 e. The first-order chi connectivity index (χ1) is 8.99. The molecule has 1 saturated carbocycles. The number of benzene rings is 1. The second kappa shape index (κ2) is 5.57. The third kappa shape index (κ3) is 3.04. The lowest BCUT2D eigenvalue weighted by Crippen LogP contribution is -2.29. The number of hydrogen-bond donors (Lipinski definition) is 2. The second-order valence-electron chi connectivity index (χ2n) is 4.60. The summed E-state index contributed by atoms with van der Waals surface area (Å²) in [6, 6.07) is 3.85. The smallest absolute Gasteiger partial charge is 0.307 e. The number of aliphatic carboxylic acids is 1. The zero-order valence-corrected chi connectivity index (χ0v) is 10.8. The zero-order valence-electron chi connectivity index (χ0n) is 10.0. The molecule has 0 bridgehead atoms. The molecule has 4 nitrogen and oxygen atoms in total. The molecule has 2 rings (SSSR count). The number of carbonyl (C=O) groups is 2. The van der Waals surface area contributed by atoms with Crippen molar-refractivity contribution in [1.29, 1.82) is 0 Å². The van der Waals surface area contributed by atoms with E-state index in [-0.39, 0.29) is 10.9 Å². The minimum absolute atomic E-state index is 0.0843. The van der Waals surface area contributed by atoms with Gasteiger partial charge in [0.05, 0.1) is 16.9 Å². The molecule has 6 heteroatoms. The fraction of sp³-hybridized carbons (Fsp3) is 0.385. The molecule has 2 N–H and O–H groups in total. The van der Waals surface area contributed by atoms with Gasteiger partial charge in [-0.2, -0.15) is 0 Å². The van der Waals surface area contributed by atoms with Crippen molar-refractivity contribution in [1.82, 2.24) is 0 Å². The predicted molar refractivity (Wildman–Crippen MR) is 68.5 cm³/mol. The van der Waals surface area contributed by atoms with Gasteiger partial charge in [-0.15, -0.1) is 0 Å². The number of anilines is 1. The number of rotatable bonds is 3. The van der Waals surface area contributed by atoms with E-state index >= 15 is 0 Å². The summed E-state index contributed by atoms with van der Waals surface area (Å²) in [4.78, 5) is 23.0. The van der Waals surface area contributed by atoms with Gasteiger partial charge in [-0.05, 0) is 31.0 Å². The number of carbonyl (C=O) groups excluding carboxylic acids is 1. The fourth-order valence-electron chi connectivity index (χ4n) is 2.38. The van der Waals surface area contributed by atoms with Gasteiger partial charge in [0.25, 0.3) is 0 Å². The van der Waals surface area contributed by atoms with Crippen molar-refractivity contribution in [3.05, 3.63) is 29.0 Å². The third-order valence-electron chi connectivity index (χ3n) is 3.36. The summed E-state index contributed by atoms with van der Waals surface area (Å²) in [5, 5.41) is 11.5. The molecular formula is C13H13ClFNO3. The van der Waals surface area contributed by atoms with E-state index in [1.807, 2.05) is 0 Å². The number of nitrogens with one attached hydrogen (secondary N) is 1. The van der Waals surface area contributed by atoms with E-state index in [2.05, 4.69) is 5.32 Å². The molecule has 0 saturated heterocycles. The minimum Gasteiger partial charge on any atom is -0.481 e. The summed E-state index contributed by atoms with van der Waals surface area (Å²) in [5.41, 5.74) is 0.368. The minimum atomic E-state index is -0.949. The molecule has 1 aliphatic carbocycles. The molecule has 2 atom stereocenters. The Morgan fingerprint density at radius 2 is 2.00 bits per heavy atom. The van der Waals surface area contributed by atoms with Gasteiger partial charge in [0.2, 0.25) is 5.91 Å². The standard InChI is InChI=1S/C13H13ClFNO3/c14-10-6-7(4-5-11(10)15)16-12(17)8-2-1-3-9(8)13(18)19/h4-6,8-9H,1-3H2,(H,16,17)(H,18,19). The van der Waals surface area contributed by atoms with Crippen molar-refractivity contribution < 1.29 is 19.1 Å². The molecule has 1 aromatic carbocycles. The molecule has 1 fully saturated rings. The van der Waals surface area contributed by atoms with Gasteiger partial charge in [0.15, 0.2) is 0 Å². The van der Waals surface area contributed by atoms with Gasteiger partial charge in [0.1, 0.15) is 5.82 Å². The zero-order chi connectivity index (χ0) is 14.0. The molecular weight excluding hydrogens is 273 g/mol. The van der Waals surface area contributed by atoms with Gasteiger partial charge >= 0.3 is 5.97 Å². The van der Waals surface area contributed by atoms with Crippen molar-refractivity contribution in [2.75, 3.05) is 5.32 Å². The first-order valence-corrected chi connectivity index (χ1v) is 6.35. The monoisotopic (exact) mass is 285 g/mol. The highest BCUT2D eigenvalue weighted by Gasteiger charge is 2.37. The molecule has 0 aromatic heterocycles. The summed E-state index contributed by atoms with van der Waals surface area (Å²) in [6.07, 6.45) is 1.79. The van der Waals surface area contributed by atoms with Crippen molar-refractivity contribution in [3.63, 3.8) is 0 Å². The average Bonchev–Trinajstić information content (AvgIpc) is 2.83. The Hall–Kier alpha value is -1.62. The van der Waals surface area contributed by atoms with Crippen LogP contribution in [-0.4, -0.2) is 17.0 Å². The molecule has 0 aliphatic heterocycles. The van der Waals surface area contributed by atoms with Crippen LogP contribution in [0.25, 0.3) is 0 Å². The van der Waals surface area contributed by atoms with Crippen LogP contribution in [-0.2, 0) is 9.59 Å². The molecule has 2 unspecified atom stereocenters. The van der Waals surface area contributed by atoms with Crippen LogP contribution >= 0.6 is 11.6 Å². The number of amides is 1. The molecule has 1 aromatic rings. The van der Waals surface area contributed by atoms with E-state index in [0.29, 0.717) is 18.5 Å². The molecule has 1 amide bonds. The number of carboxylic acids is 1. The second-order valence-corrected chi connectivity index (χ2v) is 5.01. The van der Waals surface area contributed by atoms with Gasteiger partial charge in [-0.1, -0.05) is 18.0 Å². The van der Waals surface area contributed by atoms with Crippen LogP contribution in [0.2, 0.25) is 5.02 Å². The highest BCUT2D eigenvalue weighted by Crippen LogP contribution is 2.33. The van der Waals surface area contributed by atoms with Crippen LogP contribution < -0.4 is 5.32 Å². The Kier molecular flexibility index (Phi) is 4.04. The van der Waals surface area contributed by atoms with Crippen LogP contribution in [0, 0.1) is 17.7 Å². The molecule has 102 valence electrons. The van der Waals surface area contributed by atoms with Gasteiger partial charge in [0, 0.05) is 5.69 Å². The lowest BCUT2D eigenvalue weighted by Gasteiger charge is -2.15. The van der Waals surface area contributed by atoms with Crippen LogP contribution in [0.5, 0.6) is 0 Å². The topological polar surface area (TPSA) is 66.4 Å². The average molecular weight is 286 g/mol. The van der Waals surface area contributed by atoms with Gasteiger partial charge in [-0.3, -0.25) is 9.59 Å². The highest BCUT2D eigenvalue weighted by atomic mass is 35.5. The summed E-state index contributed by atoms with van der Waals surface area (Å²) in [5.74, 6) is -3.05. The Balaban J connectivity index is 2.08. The Morgan fingerprint density at radius 3 is 2.63 bits per heavy atom. The third-order valence-corrected chi connectivity index (χ3v) is 3.65. The quantitative estimate of drug-likeness (QED) is 0.897.